The lowest BCUT2D eigenvalue weighted by atomic mass is 10.1. The second-order valence-corrected chi connectivity index (χ2v) is 11.4. The van der Waals surface area contributed by atoms with E-state index in [0.29, 0.717) is 43.5 Å². The molecule has 3 rings (SSSR count). The number of amides is 1. The number of hydrogen-bond acceptors (Lipinski definition) is 11. The molecule has 0 aliphatic rings. The molecule has 0 fully saturated rings. The van der Waals surface area contributed by atoms with Crippen LogP contribution in [0.2, 0.25) is 0 Å². The average Bonchev–Trinajstić information content (AvgIpc) is 3.17. The lowest BCUT2D eigenvalue weighted by molar-refractivity contribution is -0.138. The van der Waals surface area contributed by atoms with Crippen molar-refractivity contribution >= 4 is 35.5 Å². The predicted octanol–water partition coefficient (Wildman–Crippen LogP) is 7.28. The molecule has 0 spiro atoms. The van der Waals surface area contributed by atoms with Crippen molar-refractivity contribution in [1.29, 1.82) is 0 Å². The first kappa shape index (κ1) is 40.5. The largest absolute Gasteiger partial charge is 0.494 e. The number of carbonyl (C=O) groups is 5. The maximum Gasteiger partial charge on any atom is 0.343 e. The van der Waals surface area contributed by atoms with E-state index >= 15 is 0 Å². The van der Waals surface area contributed by atoms with Gasteiger partial charge in [-0.2, -0.15) is 0 Å². The first-order chi connectivity index (χ1) is 25.2. The van der Waals surface area contributed by atoms with Gasteiger partial charge in [0.2, 0.25) is 0 Å². The van der Waals surface area contributed by atoms with Gasteiger partial charge in [0.05, 0.1) is 50.4 Å². The van der Waals surface area contributed by atoms with Crippen molar-refractivity contribution in [1.82, 2.24) is 0 Å². The van der Waals surface area contributed by atoms with Gasteiger partial charge < -0.3 is 33.7 Å². The summed E-state index contributed by atoms with van der Waals surface area (Å²) in [5, 5.41) is 2.71. The minimum absolute atomic E-state index is 0.00139. The topological polar surface area (TPSA) is 153 Å². The molecule has 1 N–H and O–H groups in total. The van der Waals surface area contributed by atoms with E-state index in [1.807, 2.05) is 0 Å². The van der Waals surface area contributed by atoms with Gasteiger partial charge in [-0.25, -0.2) is 19.2 Å². The van der Waals surface area contributed by atoms with E-state index in [1.165, 1.54) is 25.3 Å². The SMILES string of the molecule is C=CC(=O)OCCCCCCOc1ccc(C(=O)Nc2ccc(OC(=O)c3ccc(OCCCCCCOC(=O)C=C)cc3)cc2C(=O)OC)cc1. The van der Waals surface area contributed by atoms with Gasteiger partial charge in [-0.15, -0.1) is 0 Å². The molecular formula is C40H45NO11. The van der Waals surface area contributed by atoms with Crippen molar-refractivity contribution in [3.63, 3.8) is 0 Å². The zero-order chi connectivity index (χ0) is 37.6. The Kier molecular flexibility index (Phi) is 17.7. The van der Waals surface area contributed by atoms with Crippen molar-refractivity contribution in [2.75, 3.05) is 38.9 Å². The zero-order valence-electron chi connectivity index (χ0n) is 29.4. The Hall–Kier alpha value is -5.91. The first-order valence-electron chi connectivity index (χ1n) is 17.0. The van der Waals surface area contributed by atoms with Crippen molar-refractivity contribution < 1.29 is 52.4 Å². The van der Waals surface area contributed by atoms with Gasteiger partial charge in [0.15, 0.2) is 0 Å². The molecular weight excluding hydrogens is 670 g/mol. The summed E-state index contributed by atoms with van der Waals surface area (Å²) in [4.78, 5) is 60.5. The molecule has 0 unspecified atom stereocenters. The van der Waals surface area contributed by atoms with Crippen LogP contribution in [0, 0.1) is 0 Å². The van der Waals surface area contributed by atoms with E-state index in [-0.39, 0.29) is 22.6 Å². The van der Waals surface area contributed by atoms with Crippen LogP contribution >= 0.6 is 0 Å². The number of hydrogen-bond donors (Lipinski definition) is 1. The number of rotatable bonds is 23. The Morgan fingerprint density at radius 2 is 1.04 bits per heavy atom. The fraction of sp³-hybridized carbons (Fsp3) is 0.325. The summed E-state index contributed by atoms with van der Waals surface area (Å²) in [5.74, 6) is -1.40. The Labute approximate surface area is 303 Å². The van der Waals surface area contributed by atoms with E-state index in [0.717, 1.165) is 63.5 Å². The molecule has 0 heterocycles. The predicted molar refractivity (Wildman–Crippen MR) is 194 cm³/mol. The highest BCUT2D eigenvalue weighted by atomic mass is 16.5. The van der Waals surface area contributed by atoms with E-state index < -0.39 is 29.8 Å². The Morgan fingerprint density at radius 1 is 0.577 bits per heavy atom. The third kappa shape index (κ3) is 14.5. The van der Waals surface area contributed by atoms with Crippen LogP contribution in [0.5, 0.6) is 17.2 Å². The van der Waals surface area contributed by atoms with Crippen LogP contribution in [0.3, 0.4) is 0 Å². The van der Waals surface area contributed by atoms with Gasteiger partial charge in [-0.1, -0.05) is 13.2 Å². The van der Waals surface area contributed by atoms with Crippen molar-refractivity contribution in [3.8, 4) is 17.2 Å². The fourth-order valence-electron chi connectivity index (χ4n) is 4.68. The minimum Gasteiger partial charge on any atom is -0.494 e. The summed E-state index contributed by atoms with van der Waals surface area (Å²) in [6.07, 6.45) is 9.09. The molecule has 3 aromatic rings. The summed E-state index contributed by atoms with van der Waals surface area (Å²) in [6, 6.07) is 17.3. The lowest BCUT2D eigenvalue weighted by Gasteiger charge is -2.13. The summed E-state index contributed by atoms with van der Waals surface area (Å²) in [5.41, 5.74) is 0.786. The maximum absolute atomic E-state index is 13.0. The van der Waals surface area contributed by atoms with Crippen LogP contribution in [0.25, 0.3) is 0 Å². The van der Waals surface area contributed by atoms with Gasteiger partial charge in [0.25, 0.3) is 5.91 Å². The smallest absolute Gasteiger partial charge is 0.343 e. The molecule has 0 bridgehead atoms. The number of anilines is 1. The highest BCUT2D eigenvalue weighted by molar-refractivity contribution is 6.08. The summed E-state index contributed by atoms with van der Waals surface area (Å²) < 4.78 is 31.8. The molecule has 3 aromatic carbocycles. The van der Waals surface area contributed by atoms with E-state index in [2.05, 4.69) is 18.5 Å². The van der Waals surface area contributed by atoms with Crippen molar-refractivity contribution in [2.24, 2.45) is 0 Å². The Bertz CT molecular complexity index is 1650. The number of methoxy groups -OCH3 is 1. The van der Waals surface area contributed by atoms with Gasteiger partial charge in [0, 0.05) is 17.7 Å². The minimum atomic E-state index is -0.729. The van der Waals surface area contributed by atoms with Crippen molar-refractivity contribution in [3.05, 3.63) is 109 Å². The normalized spacial score (nSPS) is 10.3. The van der Waals surface area contributed by atoms with Crippen molar-refractivity contribution in [2.45, 2.75) is 51.4 Å². The van der Waals surface area contributed by atoms with Gasteiger partial charge in [-0.05, 0) is 118 Å². The molecule has 52 heavy (non-hydrogen) atoms. The molecule has 276 valence electrons. The molecule has 12 nitrogen and oxygen atoms in total. The standard InChI is InChI=1S/C40H45NO11/c1-4-36(42)50-26-12-8-6-10-24-48-31-18-14-29(15-19-31)38(44)41-35-23-22-33(28-34(35)40(46)47-3)52-39(45)30-16-20-32(21-17-30)49-25-11-7-9-13-27-51-37(43)5-2/h4-5,14-23,28H,1-2,6-13,24-27H2,3H3,(H,41,44). The molecule has 0 saturated carbocycles. The third-order valence-electron chi connectivity index (χ3n) is 7.50. The Morgan fingerprint density at radius 3 is 1.52 bits per heavy atom. The number of unbranched alkanes of at least 4 members (excludes halogenated alkanes) is 6. The first-order valence-corrected chi connectivity index (χ1v) is 17.0. The maximum atomic E-state index is 13.0. The van der Waals surface area contributed by atoms with Gasteiger partial charge >= 0.3 is 23.9 Å². The monoisotopic (exact) mass is 715 g/mol. The molecule has 0 saturated heterocycles. The molecule has 0 atom stereocenters. The lowest BCUT2D eigenvalue weighted by Crippen LogP contribution is -2.16. The van der Waals surface area contributed by atoms with Gasteiger partial charge in [0.1, 0.15) is 17.2 Å². The van der Waals surface area contributed by atoms with E-state index in [1.54, 1.807) is 48.5 Å². The van der Waals surface area contributed by atoms with Crippen LogP contribution in [0.15, 0.2) is 92.0 Å². The molecule has 12 heteroatoms. The van der Waals surface area contributed by atoms with Crippen LogP contribution in [-0.4, -0.2) is 63.3 Å². The summed E-state index contributed by atoms with van der Waals surface area (Å²) in [7, 11) is 1.21. The number of ether oxygens (including phenoxy) is 6. The summed E-state index contributed by atoms with van der Waals surface area (Å²) >= 11 is 0. The average molecular weight is 716 g/mol. The summed E-state index contributed by atoms with van der Waals surface area (Å²) in [6.45, 7) is 8.44. The number of carbonyl (C=O) groups excluding carboxylic acids is 5. The molecule has 0 aliphatic carbocycles. The quantitative estimate of drug-likeness (QED) is 0.0347. The Balaban J connectivity index is 1.45. The molecule has 0 aliphatic heterocycles. The molecule has 1 amide bonds. The van der Waals surface area contributed by atoms with Crippen LogP contribution in [0.4, 0.5) is 5.69 Å². The fourth-order valence-corrected chi connectivity index (χ4v) is 4.68. The molecule has 0 aromatic heterocycles. The highest BCUT2D eigenvalue weighted by Gasteiger charge is 2.18. The third-order valence-corrected chi connectivity index (χ3v) is 7.50. The second-order valence-electron chi connectivity index (χ2n) is 11.4. The zero-order valence-corrected chi connectivity index (χ0v) is 29.4. The molecule has 0 radical (unpaired) electrons. The number of benzene rings is 3. The highest BCUT2D eigenvalue weighted by Crippen LogP contribution is 2.25. The number of nitrogens with one attached hydrogen (secondary N) is 1. The van der Waals surface area contributed by atoms with Crippen LogP contribution in [0.1, 0.15) is 82.4 Å². The van der Waals surface area contributed by atoms with Crippen LogP contribution in [-0.2, 0) is 23.8 Å². The second kappa shape index (κ2) is 22.7. The number of esters is 4. The van der Waals surface area contributed by atoms with Gasteiger partial charge in [-0.3, -0.25) is 4.79 Å². The van der Waals surface area contributed by atoms with E-state index in [9.17, 15) is 24.0 Å². The van der Waals surface area contributed by atoms with E-state index in [4.69, 9.17) is 28.4 Å². The van der Waals surface area contributed by atoms with Crippen LogP contribution < -0.4 is 19.5 Å².